The SMILES string of the molecule is CC(CBr)Cc1cnccc1N. The summed E-state index contributed by atoms with van der Waals surface area (Å²) in [6, 6.07) is 1.84. The number of hydrogen-bond acceptors (Lipinski definition) is 2. The van der Waals surface area contributed by atoms with Gasteiger partial charge in [0.05, 0.1) is 0 Å². The van der Waals surface area contributed by atoms with Crippen molar-refractivity contribution in [1.82, 2.24) is 4.98 Å². The van der Waals surface area contributed by atoms with Gasteiger partial charge in [-0.15, -0.1) is 0 Å². The number of alkyl halides is 1. The van der Waals surface area contributed by atoms with Crippen molar-refractivity contribution in [2.24, 2.45) is 5.92 Å². The van der Waals surface area contributed by atoms with Crippen LogP contribution in [0.2, 0.25) is 0 Å². The van der Waals surface area contributed by atoms with Crippen molar-refractivity contribution in [3.05, 3.63) is 24.0 Å². The lowest BCUT2D eigenvalue weighted by molar-refractivity contribution is 0.663. The molecule has 1 atom stereocenters. The van der Waals surface area contributed by atoms with Gasteiger partial charge in [0.1, 0.15) is 0 Å². The van der Waals surface area contributed by atoms with Crippen LogP contribution in [-0.2, 0) is 6.42 Å². The third-order valence-electron chi connectivity index (χ3n) is 1.77. The Morgan fingerprint density at radius 2 is 2.42 bits per heavy atom. The van der Waals surface area contributed by atoms with Crippen LogP contribution in [0.25, 0.3) is 0 Å². The fourth-order valence-electron chi connectivity index (χ4n) is 1.04. The molecule has 1 aromatic rings. The number of halogens is 1. The average molecular weight is 229 g/mol. The molecule has 0 spiro atoms. The third-order valence-corrected chi connectivity index (χ3v) is 2.88. The van der Waals surface area contributed by atoms with E-state index >= 15 is 0 Å². The molecule has 0 radical (unpaired) electrons. The van der Waals surface area contributed by atoms with E-state index in [0.717, 1.165) is 23.0 Å². The normalized spacial score (nSPS) is 12.8. The molecule has 3 heteroatoms. The Bertz CT molecular complexity index is 250. The number of aromatic nitrogens is 1. The summed E-state index contributed by atoms with van der Waals surface area (Å²) in [6.45, 7) is 2.18. The largest absolute Gasteiger partial charge is 0.398 e. The van der Waals surface area contributed by atoms with Crippen molar-refractivity contribution in [1.29, 1.82) is 0 Å². The number of nitrogen functional groups attached to an aromatic ring is 1. The average Bonchev–Trinajstić information content (AvgIpc) is 2.09. The number of nitrogens with zero attached hydrogens (tertiary/aromatic N) is 1. The standard InChI is InChI=1S/C9H13BrN2/c1-7(5-10)4-8-6-12-3-2-9(8)11/h2-3,6-7H,4-5H2,1H3,(H2,11,12). The fourth-order valence-corrected chi connectivity index (χ4v) is 1.27. The van der Waals surface area contributed by atoms with Crippen LogP contribution in [0.1, 0.15) is 12.5 Å². The Morgan fingerprint density at radius 3 is 3.00 bits per heavy atom. The molecule has 2 nitrogen and oxygen atoms in total. The van der Waals surface area contributed by atoms with Crippen molar-refractivity contribution < 1.29 is 0 Å². The number of pyridine rings is 1. The minimum atomic E-state index is 0.608. The molecule has 0 bridgehead atoms. The molecule has 1 rings (SSSR count). The van der Waals surface area contributed by atoms with Crippen molar-refractivity contribution in [3.8, 4) is 0 Å². The fraction of sp³-hybridized carbons (Fsp3) is 0.444. The quantitative estimate of drug-likeness (QED) is 0.807. The van der Waals surface area contributed by atoms with Crippen LogP contribution in [0.4, 0.5) is 5.69 Å². The number of anilines is 1. The zero-order valence-corrected chi connectivity index (χ0v) is 8.71. The maximum absolute atomic E-state index is 5.77. The van der Waals surface area contributed by atoms with Crippen LogP contribution in [0.5, 0.6) is 0 Å². The van der Waals surface area contributed by atoms with Crippen LogP contribution in [0.15, 0.2) is 18.5 Å². The van der Waals surface area contributed by atoms with Crippen molar-refractivity contribution in [2.75, 3.05) is 11.1 Å². The zero-order chi connectivity index (χ0) is 8.97. The van der Waals surface area contributed by atoms with E-state index in [1.807, 2.05) is 12.3 Å². The molecule has 0 saturated carbocycles. The summed E-state index contributed by atoms with van der Waals surface area (Å²) in [7, 11) is 0. The molecule has 0 aliphatic carbocycles. The monoisotopic (exact) mass is 228 g/mol. The molecule has 0 amide bonds. The van der Waals surface area contributed by atoms with Crippen LogP contribution in [-0.4, -0.2) is 10.3 Å². The molecule has 0 aromatic carbocycles. The maximum atomic E-state index is 5.77. The van der Waals surface area contributed by atoms with E-state index < -0.39 is 0 Å². The maximum Gasteiger partial charge on any atom is 0.0377 e. The number of rotatable bonds is 3. The summed E-state index contributed by atoms with van der Waals surface area (Å²) >= 11 is 3.44. The summed E-state index contributed by atoms with van der Waals surface area (Å²) in [5, 5.41) is 1.00. The highest BCUT2D eigenvalue weighted by Crippen LogP contribution is 2.15. The highest BCUT2D eigenvalue weighted by molar-refractivity contribution is 9.09. The lowest BCUT2D eigenvalue weighted by atomic mass is 10.0. The van der Waals surface area contributed by atoms with E-state index in [4.69, 9.17) is 5.73 Å². The number of hydrogen-bond donors (Lipinski definition) is 1. The molecule has 1 heterocycles. The highest BCUT2D eigenvalue weighted by atomic mass is 79.9. The molecule has 0 aliphatic rings. The van der Waals surface area contributed by atoms with E-state index in [0.29, 0.717) is 5.92 Å². The van der Waals surface area contributed by atoms with Crippen LogP contribution in [0.3, 0.4) is 0 Å². The van der Waals surface area contributed by atoms with Gasteiger partial charge in [-0.3, -0.25) is 4.98 Å². The topological polar surface area (TPSA) is 38.9 Å². The van der Waals surface area contributed by atoms with Crippen LogP contribution < -0.4 is 5.73 Å². The summed E-state index contributed by atoms with van der Waals surface area (Å²) < 4.78 is 0. The third kappa shape index (κ3) is 2.48. The van der Waals surface area contributed by atoms with E-state index in [1.165, 1.54) is 0 Å². The molecular weight excluding hydrogens is 216 g/mol. The van der Waals surface area contributed by atoms with Gasteiger partial charge in [-0.2, -0.15) is 0 Å². The molecular formula is C9H13BrN2. The molecule has 12 heavy (non-hydrogen) atoms. The Hall–Kier alpha value is -0.570. The van der Waals surface area contributed by atoms with Gasteiger partial charge >= 0.3 is 0 Å². The summed E-state index contributed by atoms with van der Waals surface area (Å²) in [6.07, 6.45) is 4.55. The number of nitrogens with two attached hydrogens (primary N) is 1. The molecule has 2 N–H and O–H groups in total. The second-order valence-corrected chi connectivity index (χ2v) is 3.69. The van der Waals surface area contributed by atoms with Gasteiger partial charge in [0.25, 0.3) is 0 Å². The lowest BCUT2D eigenvalue weighted by Gasteiger charge is -2.08. The van der Waals surface area contributed by atoms with Gasteiger partial charge < -0.3 is 5.73 Å². The molecule has 1 aromatic heterocycles. The Labute approximate surface area is 81.3 Å². The highest BCUT2D eigenvalue weighted by Gasteiger charge is 2.04. The van der Waals surface area contributed by atoms with Crippen molar-refractivity contribution in [2.45, 2.75) is 13.3 Å². The molecule has 1 unspecified atom stereocenters. The minimum Gasteiger partial charge on any atom is -0.398 e. The van der Waals surface area contributed by atoms with E-state index in [2.05, 4.69) is 27.8 Å². The zero-order valence-electron chi connectivity index (χ0n) is 7.13. The summed E-state index contributed by atoms with van der Waals surface area (Å²) in [5.74, 6) is 0.608. The van der Waals surface area contributed by atoms with E-state index in [9.17, 15) is 0 Å². The Kier molecular flexibility index (Phi) is 3.53. The second kappa shape index (κ2) is 4.45. The van der Waals surface area contributed by atoms with Crippen LogP contribution in [0, 0.1) is 5.92 Å². The van der Waals surface area contributed by atoms with Gasteiger partial charge in [0.2, 0.25) is 0 Å². The minimum absolute atomic E-state index is 0.608. The van der Waals surface area contributed by atoms with Gasteiger partial charge in [-0.25, -0.2) is 0 Å². The van der Waals surface area contributed by atoms with E-state index in [1.54, 1.807) is 6.20 Å². The van der Waals surface area contributed by atoms with Gasteiger partial charge in [0.15, 0.2) is 0 Å². The first-order valence-corrected chi connectivity index (χ1v) is 5.10. The molecule has 0 fully saturated rings. The van der Waals surface area contributed by atoms with Crippen LogP contribution >= 0.6 is 15.9 Å². The Balaban J connectivity index is 2.69. The predicted molar refractivity (Wildman–Crippen MR) is 55.3 cm³/mol. The second-order valence-electron chi connectivity index (χ2n) is 3.04. The van der Waals surface area contributed by atoms with E-state index in [-0.39, 0.29) is 0 Å². The molecule has 0 saturated heterocycles. The van der Waals surface area contributed by atoms with Gasteiger partial charge in [-0.05, 0) is 24.0 Å². The lowest BCUT2D eigenvalue weighted by Crippen LogP contribution is -2.03. The van der Waals surface area contributed by atoms with Crippen molar-refractivity contribution >= 4 is 21.6 Å². The first-order valence-electron chi connectivity index (χ1n) is 3.98. The van der Waals surface area contributed by atoms with Gasteiger partial charge in [0, 0.05) is 23.4 Å². The predicted octanol–water partition coefficient (Wildman–Crippen LogP) is 2.24. The first-order chi connectivity index (χ1) is 5.74. The van der Waals surface area contributed by atoms with Crippen molar-refractivity contribution in [3.63, 3.8) is 0 Å². The summed E-state index contributed by atoms with van der Waals surface area (Å²) in [4.78, 5) is 4.04. The summed E-state index contributed by atoms with van der Waals surface area (Å²) in [5.41, 5.74) is 7.76. The van der Waals surface area contributed by atoms with Gasteiger partial charge in [-0.1, -0.05) is 22.9 Å². The molecule has 66 valence electrons. The smallest absolute Gasteiger partial charge is 0.0377 e. The Morgan fingerprint density at radius 1 is 1.67 bits per heavy atom. The molecule has 0 aliphatic heterocycles. The first kappa shape index (κ1) is 9.52.